The van der Waals surface area contributed by atoms with Gasteiger partial charge in [0.2, 0.25) is 5.91 Å². The molecular weight excluding hydrogens is 364 g/mol. The topological polar surface area (TPSA) is 50.6 Å². The zero-order chi connectivity index (χ0) is 20.1. The number of carbonyl (C=O) groups excluding carboxylic acids is 1. The van der Waals surface area contributed by atoms with Crippen LogP contribution >= 0.6 is 0 Å². The molecule has 4 rings (SSSR count). The zero-order valence-corrected chi connectivity index (χ0v) is 17.0. The first-order valence-electron chi connectivity index (χ1n) is 10.2. The average Bonchev–Trinajstić information content (AvgIpc) is 3.19. The fraction of sp³-hybridized carbons (Fsp3) is 0.391. The Hall–Kier alpha value is -2.86. The molecule has 0 bridgehead atoms. The average molecular weight is 393 g/mol. The number of ether oxygens (including phenoxy) is 1. The predicted octanol–water partition coefficient (Wildman–Crippen LogP) is 2.82. The third kappa shape index (κ3) is 4.77. The van der Waals surface area contributed by atoms with Gasteiger partial charge in [-0.05, 0) is 48.4 Å². The SMILES string of the molecule is COc1ccc2c(ccn2CCC(=O)N2CCN(CCc3ccncc3)CC2)c1. The van der Waals surface area contributed by atoms with Crippen LogP contribution in [0.5, 0.6) is 5.75 Å². The maximum atomic E-state index is 12.7. The second-order valence-electron chi connectivity index (χ2n) is 7.51. The molecule has 0 N–H and O–H groups in total. The standard InChI is InChI=1S/C23H28N4O2/c1-29-21-2-3-22-20(18-21)7-12-26(22)13-8-23(28)27-16-14-25(15-17-27)11-6-19-4-9-24-10-5-19/h2-5,7,9-10,12,18H,6,8,11,13-17H2,1H3. The van der Waals surface area contributed by atoms with Crippen LogP contribution in [0.4, 0.5) is 0 Å². The van der Waals surface area contributed by atoms with Crippen molar-refractivity contribution in [2.45, 2.75) is 19.4 Å². The van der Waals surface area contributed by atoms with Gasteiger partial charge in [0.1, 0.15) is 5.75 Å². The van der Waals surface area contributed by atoms with Gasteiger partial charge in [-0.25, -0.2) is 0 Å². The van der Waals surface area contributed by atoms with Crippen LogP contribution in [0.1, 0.15) is 12.0 Å². The molecule has 6 heteroatoms. The van der Waals surface area contributed by atoms with E-state index < -0.39 is 0 Å². The number of aryl methyl sites for hydroxylation is 1. The molecule has 0 radical (unpaired) electrons. The summed E-state index contributed by atoms with van der Waals surface area (Å²) in [6, 6.07) is 12.3. The van der Waals surface area contributed by atoms with Gasteiger partial charge in [0.15, 0.2) is 0 Å². The molecule has 1 amide bonds. The molecule has 0 spiro atoms. The highest BCUT2D eigenvalue weighted by Crippen LogP contribution is 2.22. The van der Waals surface area contributed by atoms with E-state index in [9.17, 15) is 4.79 Å². The monoisotopic (exact) mass is 392 g/mol. The minimum atomic E-state index is 0.245. The molecule has 0 atom stereocenters. The second-order valence-corrected chi connectivity index (χ2v) is 7.51. The maximum Gasteiger partial charge on any atom is 0.224 e. The molecule has 1 saturated heterocycles. The molecule has 1 aromatic carbocycles. The van der Waals surface area contributed by atoms with E-state index in [2.05, 4.69) is 44.9 Å². The summed E-state index contributed by atoms with van der Waals surface area (Å²) < 4.78 is 7.43. The molecule has 152 valence electrons. The lowest BCUT2D eigenvalue weighted by molar-refractivity contribution is -0.133. The molecule has 0 aliphatic carbocycles. The van der Waals surface area contributed by atoms with Crippen LogP contribution in [0.2, 0.25) is 0 Å². The quantitative estimate of drug-likeness (QED) is 0.620. The van der Waals surface area contributed by atoms with Gasteiger partial charge in [-0.15, -0.1) is 0 Å². The van der Waals surface area contributed by atoms with Gasteiger partial charge < -0.3 is 14.2 Å². The smallest absolute Gasteiger partial charge is 0.224 e. The highest BCUT2D eigenvalue weighted by molar-refractivity contribution is 5.82. The Labute approximate surface area is 171 Å². The zero-order valence-electron chi connectivity index (χ0n) is 17.0. The minimum absolute atomic E-state index is 0.245. The lowest BCUT2D eigenvalue weighted by Crippen LogP contribution is -2.49. The van der Waals surface area contributed by atoms with Crippen LogP contribution in [0.15, 0.2) is 55.0 Å². The molecule has 1 aliphatic rings. The molecule has 0 saturated carbocycles. The van der Waals surface area contributed by atoms with Crippen molar-refractivity contribution in [3.05, 3.63) is 60.6 Å². The number of amides is 1. The van der Waals surface area contributed by atoms with Crippen molar-refractivity contribution in [3.8, 4) is 5.75 Å². The van der Waals surface area contributed by atoms with Crippen LogP contribution < -0.4 is 4.74 Å². The van der Waals surface area contributed by atoms with E-state index >= 15 is 0 Å². The number of aromatic nitrogens is 2. The number of methoxy groups -OCH3 is 1. The van der Waals surface area contributed by atoms with Gasteiger partial charge in [0, 0.05) is 75.2 Å². The number of carbonyl (C=O) groups is 1. The molecular formula is C23H28N4O2. The van der Waals surface area contributed by atoms with Crippen LogP contribution in [0.25, 0.3) is 10.9 Å². The van der Waals surface area contributed by atoms with Gasteiger partial charge in [0.05, 0.1) is 7.11 Å². The Morgan fingerprint density at radius 3 is 2.59 bits per heavy atom. The van der Waals surface area contributed by atoms with E-state index in [0.717, 1.165) is 55.8 Å². The first-order chi connectivity index (χ1) is 14.2. The van der Waals surface area contributed by atoms with Gasteiger partial charge >= 0.3 is 0 Å². The third-order valence-corrected chi connectivity index (χ3v) is 5.74. The fourth-order valence-electron chi connectivity index (χ4n) is 3.93. The summed E-state index contributed by atoms with van der Waals surface area (Å²) in [4.78, 5) is 21.2. The van der Waals surface area contributed by atoms with E-state index in [4.69, 9.17) is 4.74 Å². The fourth-order valence-corrected chi connectivity index (χ4v) is 3.93. The number of piperazine rings is 1. The van der Waals surface area contributed by atoms with Crippen molar-refractivity contribution >= 4 is 16.8 Å². The molecule has 0 unspecified atom stereocenters. The number of pyridine rings is 1. The summed E-state index contributed by atoms with van der Waals surface area (Å²) in [6.07, 6.45) is 7.30. The first-order valence-corrected chi connectivity index (χ1v) is 10.2. The largest absolute Gasteiger partial charge is 0.497 e. The van der Waals surface area contributed by atoms with E-state index in [1.165, 1.54) is 5.56 Å². The highest BCUT2D eigenvalue weighted by Gasteiger charge is 2.20. The van der Waals surface area contributed by atoms with Crippen molar-refractivity contribution in [1.29, 1.82) is 0 Å². The molecule has 1 fully saturated rings. The number of fused-ring (bicyclic) bond motifs is 1. The lowest BCUT2D eigenvalue weighted by atomic mass is 10.2. The van der Waals surface area contributed by atoms with Crippen molar-refractivity contribution in [1.82, 2.24) is 19.4 Å². The van der Waals surface area contributed by atoms with Crippen LogP contribution in [0.3, 0.4) is 0 Å². The minimum Gasteiger partial charge on any atom is -0.497 e. The normalized spacial score (nSPS) is 15.0. The van der Waals surface area contributed by atoms with E-state index in [0.29, 0.717) is 13.0 Å². The first kappa shape index (κ1) is 19.5. The van der Waals surface area contributed by atoms with E-state index in [1.54, 1.807) is 7.11 Å². The van der Waals surface area contributed by atoms with Gasteiger partial charge in [0.25, 0.3) is 0 Å². The van der Waals surface area contributed by atoms with E-state index in [1.807, 2.05) is 29.4 Å². The number of benzene rings is 1. The number of hydrogen-bond acceptors (Lipinski definition) is 4. The van der Waals surface area contributed by atoms with Gasteiger partial charge in [-0.1, -0.05) is 0 Å². The number of hydrogen-bond donors (Lipinski definition) is 0. The summed E-state index contributed by atoms with van der Waals surface area (Å²) in [7, 11) is 1.68. The van der Waals surface area contributed by atoms with Crippen molar-refractivity contribution in [2.24, 2.45) is 0 Å². The van der Waals surface area contributed by atoms with Gasteiger partial charge in [-0.2, -0.15) is 0 Å². The van der Waals surface area contributed by atoms with E-state index in [-0.39, 0.29) is 5.91 Å². The molecule has 3 heterocycles. The predicted molar refractivity (Wildman–Crippen MR) is 114 cm³/mol. The number of rotatable bonds is 7. The van der Waals surface area contributed by atoms with Crippen LogP contribution in [0, 0.1) is 0 Å². The Balaban J connectivity index is 1.24. The summed E-state index contributed by atoms with van der Waals surface area (Å²) in [5.41, 5.74) is 2.45. The van der Waals surface area contributed by atoms with Crippen molar-refractivity contribution in [2.75, 3.05) is 39.8 Å². The third-order valence-electron chi connectivity index (χ3n) is 5.74. The maximum absolute atomic E-state index is 12.7. The van der Waals surface area contributed by atoms with Crippen LogP contribution in [-0.2, 0) is 17.8 Å². The van der Waals surface area contributed by atoms with Crippen molar-refractivity contribution in [3.63, 3.8) is 0 Å². The second kappa shape index (κ2) is 9.09. The number of nitrogens with zero attached hydrogens (tertiary/aromatic N) is 4. The Morgan fingerprint density at radius 1 is 1.03 bits per heavy atom. The molecule has 29 heavy (non-hydrogen) atoms. The Kier molecular flexibility index (Phi) is 6.10. The summed E-state index contributed by atoms with van der Waals surface area (Å²) in [6.45, 7) is 5.27. The Bertz CT molecular complexity index is 946. The summed E-state index contributed by atoms with van der Waals surface area (Å²) in [5, 5.41) is 1.14. The molecule has 2 aromatic heterocycles. The lowest BCUT2D eigenvalue weighted by Gasteiger charge is -2.34. The van der Waals surface area contributed by atoms with Crippen LogP contribution in [-0.4, -0.2) is 65.1 Å². The Morgan fingerprint density at radius 2 is 1.83 bits per heavy atom. The summed E-state index contributed by atoms with van der Waals surface area (Å²) in [5.74, 6) is 1.10. The molecule has 6 nitrogen and oxygen atoms in total. The molecule has 3 aromatic rings. The summed E-state index contributed by atoms with van der Waals surface area (Å²) >= 11 is 0. The molecule has 1 aliphatic heterocycles. The highest BCUT2D eigenvalue weighted by atomic mass is 16.5. The van der Waals surface area contributed by atoms with Crippen molar-refractivity contribution < 1.29 is 9.53 Å². The van der Waals surface area contributed by atoms with Gasteiger partial charge in [-0.3, -0.25) is 14.7 Å².